The Kier molecular flexibility index (Phi) is 4.40. The minimum Gasteiger partial charge on any atom is -0.174 e. The Hall–Kier alpha value is -0.313. The molecule has 0 nitrogen and oxygen atoms in total. The molecule has 0 radical (unpaired) electrons. The summed E-state index contributed by atoms with van der Waals surface area (Å²) in [6, 6.07) is 8.24. The van der Waals surface area contributed by atoms with Gasteiger partial charge < -0.3 is 0 Å². The van der Waals surface area contributed by atoms with Crippen LogP contribution in [-0.4, -0.2) is 0 Å². The molecule has 0 aliphatic heterocycles. The van der Waals surface area contributed by atoms with Crippen LogP contribution in [0.15, 0.2) is 30.3 Å². The summed E-state index contributed by atoms with van der Waals surface area (Å²) in [5.41, 5.74) is 1.28. The van der Waals surface area contributed by atoms with Gasteiger partial charge in [0.2, 0.25) is 0 Å². The van der Waals surface area contributed by atoms with Crippen LogP contribution in [0.2, 0.25) is 0 Å². The summed E-state index contributed by atoms with van der Waals surface area (Å²) in [7, 11) is 0. The van der Waals surface area contributed by atoms with E-state index in [2.05, 4.69) is 18.2 Å². The molecule has 1 heteroatoms. The van der Waals surface area contributed by atoms with E-state index in [1.165, 1.54) is 5.56 Å². The molecule has 0 bridgehead atoms. The van der Waals surface area contributed by atoms with Gasteiger partial charge in [0.1, 0.15) is 0 Å². The maximum absolute atomic E-state index is 2.08. The molecule has 0 amide bonds. The fraction of sp³-hybridized carbons (Fsp3) is 0.125. The van der Waals surface area contributed by atoms with E-state index in [-0.39, 0.29) is 18.9 Å². The molecule has 0 saturated heterocycles. The monoisotopic (exact) mass is 112 g/mol. The van der Waals surface area contributed by atoms with Crippen molar-refractivity contribution in [2.24, 2.45) is 0 Å². The van der Waals surface area contributed by atoms with E-state index in [1.807, 2.05) is 25.1 Å². The number of hydrogen-bond donors (Lipinski definition) is 0. The number of hydrogen-bond acceptors (Lipinski definition) is 0. The first-order chi connectivity index (χ1) is 3.93. The van der Waals surface area contributed by atoms with Crippen LogP contribution in [0.4, 0.5) is 0 Å². The fourth-order valence-corrected chi connectivity index (χ4v) is 0.692. The molecule has 42 valence electrons. The van der Waals surface area contributed by atoms with Gasteiger partial charge in [0, 0.05) is 0 Å². The molecule has 1 rings (SSSR count). The van der Waals surface area contributed by atoms with Crippen molar-refractivity contribution < 1.29 is 18.9 Å². The van der Waals surface area contributed by atoms with Crippen molar-refractivity contribution in [1.82, 2.24) is 0 Å². The zero-order chi connectivity index (χ0) is 5.82. The Morgan fingerprint density at radius 2 is 1.78 bits per heavy atom. The molecule has 1 aromatic rings. The van der Waals surface area contributed by atoms with Crippen LogP contribution in [0.3, 0.4) is 0 Å². The molecule has 0 fully saturated rings. The molecule has 0 spiro atoms. The largest absolute Gasteiger partial charge is 1.00 e. The summed E-state index contributed by atoms with van der Waals surface area (Å²) < 4.78 is 0. The van der Waals surface area contributed by atoms with Crippen LogP contribution in [-0.2, 0) is 0 Å². The van der Waals surface area contributed by atoms with Crippen molar-refractivity contribution in [2.75, 3.05) is 0 Å². The van der Waals surface area contributed by atoms with Gasteiger partial charge in [0.25, 0.3) is 0 Å². The molecular weight excluding hydrogens is 103 g/mol. The van der Waals surface area contributed by atoms with E-state index in [0.29, 0.717) is 0 Å². The van der Waals surface area contributed by atoms with Crippen molar-refractivity contribution in [2.45, 2.75) is 6.92 Å². The molecule has 1 aromatic carbocycles. The topological polar surface area (TPSA) is 0 Å². The Morgan fingerprint density at radius 3 is 2.22 bits per heavy atom. The van der Waals surface area contributed by atoms with Crippen LogP contribution in [0.25, 0.3) is 6.08 Å². The van der Waals surface area contributed by atoms with Crippen molar-refractivity contribution in [3.05, 3.63) is 35.9 Å². The average Bonchev–Trinajstić information content (AvgIpc) is 2.19. The zero-order valence-corrected chi connectivity index (χ0v) is 5.96. The summed E-state index contributed by atoms with van der Waals surface area (Å²) in [4.78, 5) is 0. The van der Waals surface area contributed by atoms with Gasteiger partial charge in [0.15, 0.2) is 0 Å². The van der Waals surface area contributed by atoms with Crippen LogP contribution in [0.1, 0.15) is 12.5 Å². The maximum Gasteiger partial charge on any atom is 1.00 e. The third kappa shape index (κ3) is 2.65. The van der Waals surface area contributed by atoms with E-state index in [1.54, 1.807) is 0 Å². The Bertz CT molecular complexity index is 161. The first-order valence-electron chi connectivity index (χ1n) is 2.78. The predicted octanol–water partition coefficient (Wildman–Crippen LogP) is -0.557. The normalized spacial score (nSPS) is 9.44. The quantitative estimate of drug-likeness (QED) is 0.337. The van der Waals surface area contributed by atoms with Crippen LogP contribution < -0.4 is 18.9 Å². The van der Waals surface area contributed by atoms with Crippen LogP contribution >= 0.6 is 0 Å². The van der Waals surface area contributed by atoms with E-state index in [0.717, 1.165) is 0 Å². The molecule has 0 atom stereocenters. The van der Waals surface area contributed by atoms with E-state index >= 15 is 0 Å². The van der Waals surface area contributed by atoms with E-state index < -0.39 is 0 Å². The fourth-order valence-electron chi connectivity index (χ4n) is 0.692. The Balaban J connectivity index is 0.000000640. The molecule has 0 aliphatic rings. The van der Waals surface area contributed by atoms with Gasteiger partial charge in [-0.05, 0) is 0 Å². The van der Waals surface area contributed by atoms with Crippen molar-refractivity contribution in [3.63, 3.8) is 0 Å². The molecule has 9 heavy (non-hydrogen) atoms. The molecule has 0 heterocycles. The molecule has 0 N–H and O–H groups in total. The first-order valence-corrected chi connectivity index (χ1v) is 2.78. The number of rotatable bonds is 1. The standard InChI is InChI=1S/C8H9.Li/c1-2-5-8-6-3-4-7-8;/h2-7H,1H3;/q-1;+1. The third-order valence-corrected chi connectivity index (χ3v) is 1.05. The van der Waals surface area contributed by atoms with Crippen LogP contribution in [0.5, 0.6) is 0 Å². The van der Waals surface area contributed by atoms with Gasteiger partial charge >= 0.3 is 18.9 Å². The predicted molar refractivity (Wildman–Crippen MR) is 36.7 cm³/mol. The Morgan fingerprint density at radius 1 is 1.22 bits per heavy atom. The summed E-state index contributed by atoms with van der Waals surface area (Å²) in [5.74, 6) is 0. The first kappa shape index (κ1) is 8.69. The smallest absolute Gasteiger partial charge is 0.174 e. The summed E-state index contributed by atoms with van der Waals surface area (Å²) >= 11 is 0. The molecule has 0 aliphatic carbocycles. The van der Waals surface area contributed by atoms with Gasteiger partial charge in [-0.2, -0.15) is 18.2 Å². The second kappa shape index (κ2) is 4.56. The van der Waals surface area contributed by atoms with Crippen molar-refractivity contribution in [1.29, 1.82) is 0 Å². The average molecular weight is 112 g/mol. The Labute approximate surface area is 68.1 Å². The second-order valence-electron chi connectivity index (χ2n) is 1.72. The van der Waals surface area contributed by atoms with E-state index in [4.69, 9.17) is 0 Å². The molecular formula is C8H9Li. The minimum absolute atomic E-state index is 0. The summed E-state index contributed by atoms with van der Waals surface area (Å²) in [5, 5.41) is 0. The SMILES string of the molecule is CC=C[c-]1cccc1.[Li+]. The third-order valence-electron chi connectivity index (χ3n) is 1.05. The van der Waals surface area contributed by atoms with Gasteiger partial charge in [-0.1, -0.05) is 6.92 Å². The van der Waals surface area contributed by atoms with Gasteiger partial charge in [-0.3, -0.25) is 0 Å². The zero-order valence-electron chi connectivity index (χ0n) is 5.96. The van der Waals surface area contributed by atoms with Gasteiger partial charge in [-0.15, -0.1) is 23.8 Å². The molecule has 0 unspecified atom stereocenters. The summed E-state index contributed by atoms with van der Waals surface area (Å²) in [6.07, 6.45) is 4.12. The van der Waals surface area contributed by atoms with Crippen molar-refractivity contribution in [3.8, 4) is 0 Å². The van der Waals surface area contributed by atoms with Crippen molar-refractivity contribution >= 4 is 6.08 Å². The van der Waals surface area contributed by atoms with Gasteiger partial charge in [-0.25, -0.2) is 0 Å². The van der Waals surface area contributed by atoms with E-state index in [9.17, 15) is 0 Å². The minimum atomic E-state index is 0. The number of allylic oxidation sites excluding steroid dienone is 1. The molecule has 0 saturated carbocycles. The van der Waals surface area contributed by atoms with Gasteiger partial charge in [0.05, 0.1) is 0 Å². The second-order valence-corrected chi connectivity index (χ2v) is 1.72. The maximum atomic E-state index is 2.08. The summed E-state index contributed by atoms with van der Waals surface area (Å²) in [6.45, 7) is 2.02. The molecule has 0 aromatic heterocycles. The van der Waals surface area contributed by atoms with Crippen LogP contribution in [0, 0.1) is 0 Å².